The Kier molecular flexibility index (Phi) is 5.28. The van der Waals surface area contributed by atoms with Gasteiger partial charge in [-0.25, -0.2) is 4.98 Å². The van der Waals surface area contributed by atoms with Crippen LogP contribution in [0.2, 0.25) is 0 Å². The van der Waals surface area contributed by atoms with Crippen molar-refractivity contribution >= 4 is 27.5 Å². The van der Waals surface area contributed by atoms with E-state index in [0.29, 0.717) is 30.9 Å². The van der Waals surface area contributed by atoms with Crippen LogP contribution in [0.4, 0.5) is 0 Å². The molecule has 4 rings (SSSR count). The summed E-state index contributed by atoms with van der Waals surface area (Å²) < 4.78 is 1.57. The lowest BCUT2D eigenvalue weighted by molar-refractivity contribution is -0.132. The van der Waals surface area contributed by atoms with Crippen LogP contribution in [0, 0.1) is 6.92 Å². The molecule has 7 heteroatoms. The molecule has 1 aliphatic heterocycles. The lowest BCUT2D eigenvalue weighted by atomic mass is 10.1. The molecule has 1 N–H and O–H groups in total. The topological polar surface area (TPSA) is 67.2 Å². The molecule has 146 valence electrons. The van der Waals surface area contributed by atoms with Crippen LogP contribution in [0.3, 0.4) is 0 Å². The number of piperazine rings is 1. The zero-order valence-corrected chi connectivity index (χ0v) is 17.0. The summed E-state index contributed by atoms with van der Waals surface area (Å²) in [6.07, 6.45) is 1.87. The molecule has 0 spiro atoms. The summed E-state index contributed by atoms with van der Waals surface area (Å²) in [5.41, 5.74) is 3.02. The van der Waals surface area contributed by atoms with Crippen molar-refractivity contribution in [1.29, 1.82) is 0 Å². The summed E-state index contributed by atoms with van der Waals surface area (Å²) in [5.74, 6) is 0.0874. The van der Waals surface area contributed by atoms with Crippen LogP contribution in [-0.2, 0) is 11.3 Å². The van der Waals surface area contributed by atoms with Gasteiger partial charge in [0.2, 0.25) is 5.91 Å². The number of carbonyl (C=O) groups is 1. The van der Waals surface area contributed by atoms with Gasteiger partial charge in [-0.2, -0.15) is 0 Å². The molecule has 3 heterocycles. The Morgan fingerprint density at radius 3 is 2.86 bits per heavy atom. The number of benzene rings is 1. The van der Waals surface area contributed by atoms with Crippen molar-refractivity contribution in [1.82, 2.24) is 19.8 Å². The largest absolute Gasteiger partial charge is 0.340 e. The molecule has 6 nitrogen and oxygen atoms in total. The molecule has 2 aromatic heterocycles. The monoisotopic (exact) mass is 396 g/mol. The second-order valence-corrected chi connectivity index (χ2v) is 8.24. The van der Waals surface area contributed by atoms with E-state index in [1.807, 2.05) is 41.5 Å². The van der Waals surface area contributed by atoms with Gasteiger partial charge in [0.15, 0.2) is 0 Å². The number of aromatic nitrogens is 2. The summed E-state index contributed by atoms with van der Waals surface area (Å²) in [7, 11) is 0. The summed E-state index contributed by atoms with van der Waals surface area (Å²) in [6, 6.07) is 8.45. The molecular weight excluding hydrogens is 372 g/mol. The van der Waals surface area contributed by atoms with Crippen LogP contribution in [0.1, 0.15) is 18.9 Å². The first-order valence-electron chi connectivity index (χ1n) is 9.58. The number of carbonyl (C=O) groups excluding carboxylic acids is 1. The summed E-state index contributed by atoms with van der Waals surface area (Å²) in [6.45, 7) is 6.72. The van der Waals surface area contributed by atoms with Gasteiger partial charge in [-0.1, -0.05) is 29.8 Å². The van der Waals surface area contributed by atoms with Crippen molar-refractivity contribution < 1.29 is 4.79 Å². The Balaban J connectivity index is 1.57. The van der Waals surface area contributed by atoms with Crippen molar-refractivity contribution in [3.8, 4) is 11.1 Å². The van der Waals surface area contributed by atoms with Gasteiger partial charge in [0.1, 0.15) is 4.83 Å². The highest BCUT2D eigenvalue weighted by Crippen LogP contribution is 2.30. The maximum Gasteiger partial charge on any atom is 0.262 e. The average Bonchev–Trinajstić information content (AvgIpc) is 3.13. The number of rotatable bonds is 4. The van der Waals surface area contributed by atoms with Crippen LogP contribution >= 0.6 is 11.3 Å². The molecule has 1 aromatic carbocycles. The molecule has 1 unspecified atom stereocenters. The van der Waals surface area contributed by atoms with Gasteiger partial charge < -0.3 is 10.2 Å². The molecule has 0 saturated carbocycles. The fraction of sp³-hybridized carbons (Fsp3) is 0.381. The van der Waals surface area contributed by atoms with Crippen molar-refractivity contribution in [2.45, 2.75) is 32.9 Å². The molecule has 0 bridgehead atoms. The highest BCUT2D eigenvalue weighted by Gasteiger charge is 2.20. The average molecular weight is 397 g/mol. The predicted octanol–water partition coefficient (Wildman–Crippen LogP) is 2.64. The fourth-order valence-electron chi connectivity index (χ4n) is 3.61. The van der Waals surface area contributed by atoms with Crippen molar-refractivity contribution in [2.75, 3.05) is 19.6 Å². The van der Waals surface area contributed by atoms with E-state index in [1.54, 1.807) is 10.9 Å². The summed E-state index contributed by atoms with van der Waals surface area (Å²) in [5, 5.41) is 5.96. The van der Waals surface area contributed by atoms with Crippen molar-refractivity contribution in [2.24, 2.45) is 0 Å². The van der Waals surface area contributed by atoms with Crippen LogP contribution in [0.15, 0.2) is 40.8 Å². The van der Waals surface area contributed by atoms with Gasteiger partial charge in [0.25, 0.3) is 5.56 Å². The van der Waals surface area contributed by atoms with E-state index in [9.17, 15) is 9.59 Å². The Hall–Kier alpha value is -2.51. The van der Waals surface area contributed by atoms with Crippen molar-refractivity contribution in [3.63, 3.8) is 0 Å². The van der Waals surface area contributed by atoms with Crippen LogP contribution in [0.5, 0.6) is 0 Å². The molecule has 28 heavy (non-hydrogen) atoms. The number of aryl methyl sites for hydroxylation is 2. The minimum Gasteiger partial charge on any atom is -0.340 e. The van der Waals surface area contributed by atoms with Gasteiger partial charge in [0, 0.05) is 49.6 Å². The smallest absolute Gasteiger partial charge is 0.262 e. The van der Waals surface area contributed by atoms with Crippen LogP contribution < -0.4 is 10.9 Å². The standard InChI is InChI=1S/C21H24N4O2S/c1-14-3-5-16(6-4-14)17-12-28-20-19(17)21(27)25(13-23-20)9-7-18(26)24-10-8-22-15(2)11-24/h3-6,12-13,15,22H,7-11H2,1-2H3. The van der Waals surface area contributed by atoms with E-state index in [1.165, 1.54) is 16.9 Å². The molecule has 1 fully saturated rings. The molecule has 1 aliphatic rings. The van der Waals surface area contributed by atoms with Gasteiger partial charge in [0.05, 0.1) is 11.7 Å². The number of nitrogens with one attached hydrogen (secondary N) is 1. The number of amides is 1. The van der Waals surface area contributed by atoms with E-state index in [0.717, 1.165) is 29.0 Å². The highest BCUT2D eigenvalue weighted by atomic mass is 32.1. The SMILES string of the molecule is Cc1ccc(-c2csc3ncn(CCC(=O)N4CCNC(C)C4)c(=O)c23)cc1. The Bertz CT molecular complexity index is 1050. The maximum atomic E-state index is 13.1. The third-order valence-corrected chi connectivity index (χ3v) is 6.10. The Morgan fingerprint density at radius 1 is 1.32 bits per heavy atom. The normalized spacial score (nSPS) is 17.2. The molecular formula is C21H24N4O2S. The molecule has 0 radical (unpaired) electrons. The van der Waals surface area contributed by atoms with E-state index in [4.69, 9.17) is 0 Å². The minimum atomic E-state index is -0.0803. The van der Waals surface area contributed by atoms with Gasteiger partial charge in [-0.15, -0.1) is 11.3 Å². The second-order valence-electron chi connectivity index (χ2n) is 7.38. The van der Waals surface area contributed by atoms with E-state index < -0.39 is 0 Å². The lowest BCUT2D eigenvalue weighted by Crippen LogP contribution is -2.51. The quantitative estimate of drug-likeness (QED) is 0.736. The van der Waals surface area contributed by atoms with Crippen molar-refractivity contribution in [3.05, 3.63) is 51.9 Å². The third-order valence-electron chi connectivity index (χ3n) is 5.21. The Morgan fingerprint density at radius 2 is 2.11 bits per heavy atom. The maximum absolute atomic E-state index is 13.1. The van der Waals surface area contributed by atoms with Gasteiger partial charge in [-0.3, -0.25) is 14.2 Å². The van der Waals surface area contributed by atoms with Gasteiger partial charge in [-0.05, 0) is 19.4 Å². The number of hydrogen-bond acceptors (Lipinski definition) is 5. The number of hydrogen-bond donors (Lipinski definition) is 1. The molecule has 1 atom stereocenters. The fourth-order valence-corrected chi connectivity index (χ4v) is 4.51. The second kappa shape index (κ2) is 7.85. The van der Waals surface area contributed by atoms with Crippen LogP contribution in [0.25, 0.3) is 21.3 Å². The number of fused-ring (bicyclic) bond motifs is 1. The summed E-state index contributed by atoms with van der Waals surface area (Å²) in [4.78, 5) is 32.7. The third kappa shape index (κ3) is 3.72. The molecule has 3 aromatic rings. The first kappa shape index (κ1) is 18.8. The molecule has 1 amide bonds. The Labute approximate surface area is 167 Å². The zero-order valence-electron chi connectivity index (χ0n) is 16.1. The first-order valence-corrected chi connectivity index (χ1v) is 10.5. The zero-order chi connectivity index (χ0) is 19.7. The first-order chi connectivity index (χ1) is 13.5. The highest BCUT2D eigenvalue weighted by molar-refractivity contribution is 7.17. The minimum absolute atomic E-state index is 0.0803. The number of thiophene rings is 1. The molecule has 1 saturated heterocycles. The number of nitrogens with zero attached hydrogens (tertiary/aromatic N) is 3. The van der Waals surface area contributed by atoms with Crippen LogP contribution in [-0.4, -0.2) is 46.0 Å². The van der Waals surface area contributed by atoms with Gasteiger partial charge >= 0.3 is 0 Å². The molecule has 0 aliphatic carbocycles. The predicted molar refractivity (Wildman–Crippen MR) is 113 cm³/mol. The lowest BCUT2D eigenvalue weighted by Gasteiger charge is -2.32. The van der Waals surface area contributed by atoms with E-state index >= 15 is 0 Å². The summed E-state index contributed by atoms with van der Waals surface area (Å²) >= 11 is 1.48. The van der Waals surface area contributed by atoms with E-state index in [-0.39, 0.29) is 11.5 Å². The van der Waals surface area contributed by atoms with E-state index in [2.05, 4.69) is 17.2 Å².